The minimum Gasteiger partial charge on any atom is -0.306 e. The Morgan fingerprint density at radius 3 is 2.40 bits per heavy atom. The number of hydrogen-bond acceptors (Lipinski definition) is 1. The summed E-state index contributed by atoms with van der Waals surface area (Å²) in [5, 5.41) is 4.21. The molecule has 5 heteroatoms. The zero-order valence-electron chi connectivity index (χ0n) is 10.8. The van der Waals surface area contributed by atoms with Crippen molar-refractivity contribution in [1.29, 1.82) is 0 Å². The van der Waals surface area contributed by atoms with E-state index in [1.807, 2.05) is 6.92 Å². The predicted octanol–water partition coefficient (Wildman–Crippen LogP) is 4.97. The third-order valence-corrected chi connectivity index (χ3v) is 3.52. The van der Waals surface area contributed by atoms with Gasteiger partial charge in [0.15, 0.2) is 11.6 Å². The number of nitrogens with one attached hydrogen (secondary N) is 1. The van der Waals surface area contributed by atoms with Gasteiger partial charge in [-0.15, -0.1) is 0 Å². The molecule has 0 aliphatic carbocycles. The Labute approximate surface area is 126 Å². The quantitative estimate of drug-likeness (QED) is 0.840. The van der Waals surface area contributed by atoms with Crippen LogP contribution in [0.2, 0.25) is 10.0 Å². The molecule has 0 radical (unpaired) electrons. The van der Waals surface area contributed by atoms with Gasteiger partial charge in [0.2, 0.25) is 0 Å². The van der Waals surface area contributed by atoms with Crippen LogP contribution >= 0.6 is 23.2 Å². The number of hydrogen-bond donors (Lipinski definition) is 1. The van der Waals surface area contributed by atoms with E-state index in [0.29, 0.717) is 22.2 Å². The van der Waals surface area contributed by atoms with Crippen LogP contribution in [0, 0.1) is 11.6 Å². The largest absolute Gasteiger partial charge is 0.306 e. The highest BCUT2D eigenvalue weighted by Crippen LogP contribution is 2.31. The van der Waals surface area contributed by atoms with E-state index in [4.69, 9.17) is 23.2 Å². The Balaban J connectivity index is 2.47. The Kier molecular flexibility index (Phi) is 4.97. The second kappa shape index (κ2) is 6.53. The molecule has 1 N–H and O–H groups in total. The molecule has 0 aliphatic rings. The van der Waals surface area contributed by atoms with Crippen molar-refractivity contribution < 1.29 is 8.78 Å². The van der Waals surface area contributed by atoms with Crippen LogP contribution in [0.1, 0.15) is 24.1 Å². The standard InChI is InChI=1S/C15H13Cl2F2N/c1-2-20-15(9-3-6-13(18)14(19)7-9)11-5-4-10(16)8-12(11)17/h3-8,15,20H,2H2,1H3. The van der Waals surface area contributed by atoms with Crippen molar-refractivity contribution >= 4 is 23.2 Å². The second-order valence-corrected chi connectivity index (χ2v) is 5.17. The summed E-state index contributed by atoms with van der Waals surface area (Å²) in [6.45, 7) is 2.58. The second-order valence-electron chi connectivity index (χ2n) is 4.33. The van der Waals surface area contributed by atoms with Crippen molar-refractivity contribution in [3.8, 4) is 0 Å². The zero-order chi connectivity index (χ0) is 14.7. The fraction of sp³-hybridized carbons (Fsp3) is 0.200. The van der Waals surface area contributed by atoms with E-state index >= 15 is 0 Å². The molecule has 0 heterocycles. The van der Waals surface area contributed by atoms with Gasteiger partial charge >= 0.3 is 0 Å². The van der Waals surface area contributed by atoms with E-state index in [1.54, 1.807) is 18.2 Å². The average molecular weight is 316 g/mol. The Morgan fingerprint density at radius 1 is 1.05 bits per heavy atom. The number of rotatable bonds is 4. The van der Waals surface area contributed by atoms with Crippen LogP contribution < -0.4 is 5.32 Å². The lowest BCUT2D eigenvalue weighted by molar-refractivity contribution is 0.504. The van der Waals surface area contributed by atoms with Crippen molar-refractivity contribution in [3.05, 3.63) is 69.2 Å². The maximum atomic E-state index is 13.4. The first-order valence-electron chi connectivity index (χ1n) is 6.16. The summed E-state index contributed by atoms with van der Waals surface area (Å²) in [4.78, 5) is 0. The monoisotopic (exact) mass is 315 g/mol. The van der Waals surface area contributed by atoms with E-state index < -0.39 is 11.6 Å². The molecule has 0 saturated heterocycles. The minimum atomic E-state index is -0.879. The lowest BCUT2D eigenvalue weighted by atomic mass is 9.98. The van der Waals surface area contributed by atoms with Gasteiger partial charge in [0, 0.05) is 10.0 Å². The molecule has 106 valence electrons. The maximum absolute atomic E-state index is 13.4. The number of benzene rings is 2. The van der Waals surface area contributed by atoms with Crippen LogP contribution in [0.25, 0.3) is 0 Å². The first kappa shape index (κ1) is 15.2. The Bertz CT molecular complexity index is 617. The molecule has 2 aromatic carbocycles. The maximum Gasteiger partial charge on any atom is 0.159 e. The summed E-state index contributed by atoms with van der Waals surface area (Å²) in [6, 6.07) is 8.62. The van der Waals surface area contributed by atoms with Crippen LogP contribution in [-0.2, 0) is 0 Å². The molecular weight excluding hydrogens is 303 g/mol. The fourth-order valence-corrected chi connectivity index (χ4v) is 2.56. The van der Waals surface area contributed by atoms with Gasteiger partial charge in [0.25, 0.3) is 0 Å². The van der Waals surface area contributed by atoms with Crippen LogP contribution in [-0.4, -0.2) is 6.54 Å². The minimum absolute atomic E-state index is 0.320. The van der Waals surface area contributed by atoms with Crippen molar-refractivity contribution in [3.63, 3.8) is 0 Å². The summed E-state index contributed by atoms with van der Waals surface area (Å²) in [5.41, 5.74) is 1.37. The summed E-state index contributed by atoms with van der Waals surface area (Å²) in [7, 11) is 0. The molecule has 2 aromatic rings. The highest BCUT2D eigenvalue weighted by atomic mass is 35.5. The van der Waals surface area contributed by atoms with E-state index in [2.05, 4.69) is 5.32 Å². The molecule has 0 aliphatic heterocycles. The molecule has 0 fully saturated rings. The fourth-order valence-electron chi connectivity index (χ4n) is 2.04. The van der Waals surface area contributed by atoms with Crippen molar-refractivity contribution in [1.82, 2.24) is 5.32 Å². The first-order chi connectivity index (χ1) is 9.52. The van der Waals surface area contributed by atoms with Gasteiger partial charge in [0.05, 0.1) is 6.04 Å². The molecule has 0 saturated carbocycles. The van der Waals surface area contributed by atoms with Gasteiger partial charge in [-0.05, 0) is 41.9 Å². The molecule has 1 unspecified atom stereocenters. The van der Waals surface area contributed by atoms with E-state index in [9.17, 15) is 8.78 Å². The molecule has 2 rings (SSSR count). The van der Waals surface area contributed by atoms with Gasteiger partial charge in [0.1, 0.15) is 0 Å². The van der Waals surface area contributed by atoms with Gasteiger partial charge in [-0.3, -0.25) is 0 Å². The molecule has 1 atom stereocenters. The molecule has 0 aromatic heterocycles. The third kappa shape index (κ3) is 3.29. The third-order valence-electron chi connectivity index (χ3n) is 2.96. The summed E-state index contributed by atoms with van der Waals surface area (Å²) >= 11 is 12.1. The Morgan fingerprint density at radius 2 is 1.80 bits per heavy atom. The molecule has 0 spiro atoms. The normalized spacial score (nSPS) is 12.4. The van der Waals surface area contributed by atoms with Crippen LogP contribution in [0.15, 0.2) is 36.4 Å². The summed E-state index contributed by atoms with van der Waals surface area (Å²) in [5.74, 6) is -1.75. The number of halogens is 4. The molecule has 0 bridgehead atoms. The predicted molar refractivity (Wildman–Crippen MR) is 78.3 cm³/mol. The molecule has 0 amide bonds. The SMILES string of the molecule is CCNC(c1ccc(F)c(F)c1)c1ccc(Cl)cc1Cl. The van der Waals surface area contributed by atoms with Gasteiger partial charge < -0.3 is 5.32 Å². The average Bonchev–Trinajstić information content (AvgIpc) is 2.40. The van der Waals surface area contributed by atoms with E-state index in [0.717, 1.165) is 11.6 Å². The molecule has 1 nitrogen and oxygen atoms in total. The molecule has 20 heavy (non-hydrogen) atoms. The van der Waals surface area contributed by atoms with Crippen molar-refractivity contribution in [2.24, 2.45) is 0 Å². The van der Waals surface area contributed by atoms with Crippen molar-refractivity contribution in [2.75, 3.05) is 6.54 Å². The van der Waals surface area contributed by atoms with Gasteiger partial charge in [-0.25, -0.2) is 8.78 Å². The van der Waals surface area contributed by atoms with E-state index in [-0.39, 0.29) is 6.04 Å². The topological polar surface area (TPSA) is 12.0 Å². The smallest absolute Gasteiger partial charge is 0.159 e. The summed E-state index contributed by atoms with van der Waals surface area (Å²) in [6.07, 6.45) is 0. The first-order valence-corrected chi connectivity index (χ1v) is 6.91. The summed E-state index contributed by atoms with van der Waals surface area (Å²) < 4.78 is 26.4. The van der Waals surface area contributed by atoms with Crippen LogP contribution in [0.3, 0.4) is 0 Å². The Hall–Kier alpha value is -1.16. The van der Waals surface area contributed by atoms with Gasteiger partial charge in [-0.2, -0.15) is 0 Å². The van der Waals surface area contributed by atoms with Gasteiger partial charge in [-0.1, -0.05) is 42.3 Å². The van der Waals surface area contributed by atoms with Crippen molar-refractivity contribution in [2.45, 2.75) is 13.0 Å². The highest BCUT2D eigenvalue weighted by molar-refractivity contribution is 6.35. The highest BCUT2D eigenvalue weighted by Gasteiger charge is 2.17. The lowest BCUT2D eigenvalue weighted by Crippen LogP contribution is -2.22. The lowest BCUT2D eigenvalue weighted by Gasteiger charge is -2.20. The molecular formula is C15H13Cl2F2N. The van der Waals surface area contributed by atoms with Crippen LogP contribution in [0.5, 0.6) is 0 Å². The zero-order valence-corrected chi connectivity index (χ0v) is 12.3. The van der Waals surface area contributed by atoms with Crippen LogP contribution in [0.4, 0.5) is 8.78 Å². The van der Waals surface area contributed by atoms with E-state index in [1.165, 1.54) is 12.1 Å².